The van der Waals surface area contributed by atoms with E-state index in [2.05, 4.69) is 42.3 Å². The van der Waals surface area contributed by atoms with Gasteiger partial charge in [0.1, 0.15) is 0 Å². The van der Waals surface area contributed by atoms with Crippen LogP contribution in [-0.2, 0) is 6.42 Å². The molecule has 2 aromatic carbocycles. The van der Waals surface area contributed by atoms with Crippen molar-refractivity contribution in [1.82, 2.24) is 0 Å². The minimum absolute atomic E-state index is 0.673. The number of hydrogen-bond acceptors (Lipinski definition) is 1. The highest BCUT2D eigenvalue weighted by molar-refractivity contribution is 5.52. The molecular formula is C17H17N. The summed E-state index contributed by atoms with van der Waals surface area (Å²) in [7, 11) is 0. The summed E-state index contributed by atoms with van der Waals surface area (Å²) in [6.45, 7) is 2.84. The molecule has 18 heavy (non-hydrogen) atoms. The fourth-order valence-corrected chi connectivity index (χ4v) is 1.81. The highest BCUT2D eigenvalue weighted by Gasteiger charge is 1.96. The molecule has 0 heterocycles. The number of anilines is 1. The Morgan fingerprint density at radius 3 is 2.44 bits per heavy atom. The number of aryl methyl sites for hydroxylation is 1. The third kappa shape index (κ3) is 3.40. The van der Waals surface area contributed by atoms with E-state index in [0.717, 1.165) is 12.0 Å². The topological polar surface area (TPSA) is 12.0 Å². The maximum Gasteiger partial charge on any atom is 0.0769 e. The second-order valence-corrected chi connectivity index (χ2v) is 4.03. The van der Waals surface area contributed by atoms with Crippen LogP contribution in [0.5, 0.6) is 0 Å². The molecule has 0 saturated carbocycles. The SMILES string of the molecule is CCc1ccccc1NCC#Cc1ccccc1. The van der Waals surface area contributed by atoms with Crippen molar-refractivity contribution in [3.8, 4) is 11.8 Å². The second kappa shape index (κ2) is 6.51. The minimum atomic E-state index is 0.673. The number of nitrogens with one attached hydrogen (secondary N) is 1. The summed E-state index contributed by atoms with van der Waals surface area (Å²) in [5.74, 6) is 6.28. The first-order chi connectivity index (χ1) is 8.90. The Balaban J connectivity index is 1.95. The van der Waals surface area contributed by atoms with E-state index < -0.39 is 0 Å². The van der Waals surface area contributed by atoms with E-state index in [4.69, 9.17) is 0 Å². The predicted octanol–water partition coefficient (Wildman–Crippen LogP) is 3.71. The van der Waals surface area contributed by atoms with Crippen molar-refractivity contribution in [2.75, 3.05) is 11.9 Å². The van der Waals surface area contributed by atoms with Crippen LogP contribution in [0.3, 0.4) is 0 Å². The van der Waals surface area contributed by atoms with E-state index in [1.54, 1.807) is 0 Å². The van der Waals surface area contributed by atoms with E-state index in [-0.39, 0.29) is 0 Å². The summed E-state index contributed by atoms with van der Waals surface area (Å²) >= 11 is 0. The van der Waals surface area contributed by atoms with Gasteiger partial charge in [0.25, 0.3) is 0 Å². The zero-order valence-electron chi connectivity index (χ0n) is 10.6. The lowest BCUT2D eigenvalue weighted by molar-refractivity contribution is 1.13. The third-order valence-electron chi connectivity index (χ3n) is 2.77. The quantitative estimate of drug-likeness (QED) is 0.800. The van der Waals surface area contributed by atoms with Crippen LogP contribution in [0.25, 0.3) is 0 Å². The number of benzene rings is 2. The molecule has 0 aromatic heterocycles. The largest absolute Gasteiger partial charge is 0.374 e. The van der Waals surface area contributed by atoms with E-state index in [9.17, 15) is 0 Å². The van der Waals surface area contributed by atoms with E-state index >= 15 is 0 Å². The lowest BCUT2D eigenvalue weighted by Crippen LogP contribution is -2.01. The molecule has 1 nitrogen and oxygen atoms in total. The maximum atomic E-state index is 3.36. The van der Waals surface area contributed by atoms with Crippen LogP contribution in [-0.4, -0.2) is 6.54 Å². The molecule has 0 aliphatic rings. The van der Waals surface area contributed by atoms with Crippen LogP contribution in [0.4, 0.5) is 5.69 Å². The average Bonchev–Trinajstić information content (AvgIpc) is 2.45. The summed E-state index contributed by atoms with van der Waals surface area (Å²) in [5.41, 5.74) is 3.57. The summed E-state index contributed by atoms with van der Waals surface area (Å²) in [6, 6.07) is 18.4. The zero-order valence-corrected chi connectivity index (χ0v) is 10.6. The number of hydrogen-bond donors (Lipinski definition) is 1. The molecule has 2 rings (SSSR count). The van der Waals surface area contributed by atoms with Crippen molar-refractivity contribution in [2.45, 2.75) is 13.3 Å². The smallest absolute Gasteiger partial charge is 0.0769 e. The molecule has 1 heteroatoms. The molecule has 0 amide bonds. The highest BCUT2D eigenvalue weighted by atomic mass is 14.9. The standard InChI is InChI=1S/C17H17N/c1-2-16-12-6-7-13-17(16)18-14-8-11-15-9-4-3-5-10-15/h3-7,9-10,12-13,18H,2,14H2,1H3. The van der Waals surface area contributed by atoms with E-state index in [1.807, 2.05) is 36.4 Å². The molecule has 0 spiro atoms. The first kappa shape index (κ1) is 12.3. The average molecular weight is 235 g/mol. The number of para-hydroxylation sites is 1. The van der Waals surface area contributed by atoms with Crippen LogP contribution >= 0.6 is 0 Å². The van der Waals surface area contributed by atoms with Crippen LogP contribution < -0.4 is 5.32 Å². The Labute approximate surface area is 109 Å². The summed E-state index contributed by atoms with van der Waals surface area (Å²) in [5, 5.41) is 3.36. The van der Waals surface area contributed by atoms with Gasteiger partial charge in [-0.25, -0.2) is 0 Å². The van der Waals surface area contributed by atoms with Gasteiger partial charge in [-0.3, -0.25) is 0 Å². The first-order valence-electron chi connectivity index (χ1n) is 6.26. The molecule has 2 aromatic rings. The Kier molecular flexibility index (Phi) is 4.44. The highest BCUT2D eigenvalue weighted by Crippen LogP contribution is 2.14. The molecule has 0 aliphatic heterocycles. The molecule has 90 valence electrons. The van der Waals surface area contributed by atoms with Crippen molar-refractivity contribution in [3.05, 3.63) is 65.7 Å². The molecule has 0 bridgehead atoms. The molecule has 1 N–H and O–H groups in total. The van der Waals surface area contributed by atoms with Gasteiger partial charge in [0, 0.05) is 11.3 Å². The molecular weight excluding hydrogens is 218 g/mol. The first-order valence-corrected chi connectivity index (χ1v) is 6.26. The van der Waals surface area contributed by atoms with E-state index in [1.165, 1.54) is 11.3 Å². The fraction of sp³-hybridized carbons (Fsp3) is 0.176. The fourth-order valence-electron chi connectivity index (χ4n) is 1.81. The van der Waals surface area contributed by atoms with Crippen LogP contribution in [0.2, 0.25) is 0 Å². The Hall–Kier alpha value is -2.20. The Morgan fingerprint density at radius 2 is 1.67 bits per heavy atom. The van der Waals surface area contributed by atoms with Gasteiger partial charge in [0.05, 0.1) is 6.54 Å². The van der Waals surface area contributed by atoms with Gasteiger partial charge in [0.2, 0.25) is 0 Å². The molecule has 0 fully saturated rings. The van der Waals surface area contributed by atoms with Crippen LogP contribution in [0.1, 0.15) is 18.1 Å². The molecule has 0 unspecified atom stereocenters. The third-order valence-corrected chi connectivity index (χ3v) is 2.77. The van der Waals surface area contributed by atoms with Crippen molar-refractivity contribution in [1.29, 1.82) is 0 Å². The van der Waals surface area contributed by atoms with Crippen LogP contribution in [0.15, 0.2) is 54.6 Å². The van der Waals surface area contributed by atoms with Gasteiger partial charge in [-0.05, 0) is 30.2 Å². The van der Waals surface area contributed by atoms with Crippen molar-refractivity contribution in [2.24, 2.45) is 0 Å². The molecule has 0 atom stereocenters. The summed E-state index contributed by atoms with van der Waals surface area (Å²) in [4.78, 5) is 0. The van der Waals surface area contributed by atoms with Gasteiger partial charge in [0.15, 0.2) is 0 Å². The lowest BCUT2D eigenvalue weighted by atomic mass is 10.1. The van der Waals surface area contributed by atoms with Gasteiger partial charge in [-0.2, -0.15) is 0 Å². The molecule has 0 radical (unpaired) electrons. The van der Waals surface area contributed by atoms with Gasteiger partial charge in [-0.1, -0.05) is 55.2 Å². The summed E-state index contributed by atoms with van der Waals surface area (Å²) in [6.07, 6.45) is 1.04. The minimum Gasteiger partial charge on any atom is -0.374 e. The lowest BCUT2D eigenvalue weighted by Gasteiger charge is -2.07. The molecule has 0 aliphatic carbocycles. The second-order valence-electron chi connectivity index (χ2n) is 4.03. The maximum absolute atomic E-state index is 3.36. The van der Waals surface area contributed by atoms with Crippen LogP contribution in [0, 0.1) is 11.8 Å². The van der Waals surface area contributed by atoms with Crippen molar-refractivity contribution >= 4 is 5.69 Å². The Bertz CT molecular complexity index is 547. The normalized spacial score (nSPS) is 9.39. The monoisotopic (exact) mass is 235 g/mol. The predicted molar refractivity (Wildman–Crippen MR) is 77.6 cm³/mol. The van der Waals surface area contributed by atoms with Crippen molar-refractivity contribution in [3.63, 3.8) is 0 Å². The zero-order chi connectivity index (χ0) is 12.6. The van der Waals surface area contributed by atoms with E-state index in [0.29, 0.717) is 6.54 Å². The Morgan fingerprint density at radius 1 is 0.944 bits per heavy atom. The van der Waals surface area contributed by atoms with Crippen molar-refractivity contribution < 1.29 is 0 Å². The van der Waals surface area contributed by atoms with Gasteiger partial charge < -0.3 is 5.32 Å². The number of rotatable bonds is 3. The summed E-state index contributed by atoms with van der Waals surface area (Å²) < 4.78 is 0. The van der Waals surface area contributed by atoms with Gasteiger partial charge in [-0.15, -0.1) is 0 Å². The molecule has 0 saturated heterocycles. The van der Waals surface area contributed by atoms with Gasteiger partial charge >= 0.3 is 0 Å².